The quantitative estimate of drug-likeness (QED) is 0.799. The molecule has 1 aromatic rings. The number of aromatic nitrogens is 2. The fraction of sp³-hybridized carbons (Fsp3) is 0.545. The van der Waals surface area contributed by atoms with Crippen molar-refractivity contribution in [3.63, 3.8) is 0 Å². The standard InChI is InChI=1S/C11H11ClF3N3O/c12-9-5-16-8(4-17-9)10(19)18-3-1-2-7(6-18)11(13,14)15/h4-5,7H,1-3,6H2. The van der Waals surface area contributed by atoms with E-state index in [1.807, 2.05) is 0 Å². The third-order valence-electron chi connectivity index (χ3n) is 3.01. The molecule has 1 aliphatic rings. The van der Waals surface area contributed by atoms with Gasteiger partial charge >= 0.3 is 6.18 Å². The first-order chi connectivity index (χ1) is 8.88. The Balaban J connectivity index is 2.09. The molecule has 1 aliphatic heterocycles. The molecule has 0 bridgehead atoms. The number of nitrogens with zero attached hydrogens (tertiary/aromatic N) is 3. The molecule has 0 saturated carbocycles. The molecule has 1 atom stereocenters. The van der Waals surface area contributed by atoms with E-state index in [0.29, 0.717) is 13.0 Å². The molecule has 1 amide bonds. The van der Waals surface area contributed by atoms with Crippen molar-refractivity contribution in [2.45, 2.75) is 19.0 Å². The lowest BCUT2D eigenvalue weighted by molar-refractivity contribution is -0.184. The SMILES string of the molecule is O=C(c1cnc(Cl)cn1)N1CCCC(C(F)(F)F)C1. The molecular formula is C11H11ClF3N3O. The van der Waals surface area contributed by atoms with E-state index in [0.717, 1.165) is 0 Å². The predicted molar refractivity (Wildman–Crippen MR) is 61.7 cm³/mol. The van der Waals surface area contributed by atoms with Crippen molar-refractivity contribution in [3.8, 4) is 0 Å². The van der Waals surface area contributed by atoms with Crippen molar-refractivity contribution in [2.24, 2.45) is 5.92 Å². The third-order valence-corrected chi connectivity index (χ3v) is 3.21. The maximum absolute atomic E-state index is 12.7. The zero-order valence-corrected chi connectivity index (χ0v) is 10.6. The fourth-order valence-electron chi connectivity index (χ4n) is 2.01. The topological polar surface area (TPSA) is 46.1 Å². The van der Waals surface area contributed by atoms with Gasteiger partial charge in [-0.15, -0.1) is 0 Å². The lowest BCUT2D eigenvalue weighted by Crippen LogP contribution is -2.44. The van der Waals surface area contributed by atoms with Crippen molar-refractivity contribution >= 4 is 17.5 Å². The molecule has 1 saturated heterocycles. The second-order valence-corrected chi connectivity index (χ2v) is 4.74. The molecule has 2 rings (SSSR count). The van der Waals surface area contributed by atoms with Crippen LogP contribution >= 0.6 is 11.6 Å². The minimum atomic E-state index is -4.27. The van der Waals surface area contributed by atoms with Crippen LogP contribution in [0, 0.1) is 5.92 Å². The summed E-state index contributed by atoms with van der Waals surface area (Å²) in [6.07, 6.45) is -1.52. The summed E-state index contributed by atoms with van der Waals surface area (Å²) in [6.45, 7) is -0.0254. The van der Waals surface area contributed by atoms with E-state index in [-0.39, 0.29) is 23.8 Å². The van der Waals surface area contributed by atoms with Crippen LogP contribution in [-0.2, 0) is 0 Å². The normalized spacial score (nSPS) is 20.4. The Hall–Kier alpha value is -1.37. The van der Waals surface area contributed by atoms with Gasteiger partial charge in [0.2, 0.25) is 0 Å². The van der Waals surface area contributed by atoms with Crippen LogP contribution in [0.25, 0.3) is 0 Å². The number of carbonyl (C=O) groups excluding carboxylic acids is 1. The maximum Gasteiger partial charge on any atom is 0.393 e. The van der Waals surface area contributed by atoms with Crippen molar-refractivity contribution in [1.82, 2.24) is 14.9 Å². The summed E-state index contributed by atoms with van der Waals surface area (Å²) < 4.78 is 38.0. The zero-order valence-electron chi connectivity index (χ0n) is 9.82. The van der Waals surface area contributed by atoms with Crippen molar-refractivity contribution < 1.29 is 18.0 Å². The minimum Gasteiger partial charge on any atom is -0.337 e. The van der Waals surface area contributed by atoms with Crippen LogP contribution in [0.1, 0.15) is 23.3 Å². The molecule has 1 fully saturated rings. The van der Waals surface area contributed by atoms with Crippen LogP contribution in [0.4, 0.5) is 13.2 Å². The smallest absolute Gasteiger partial charge is 0.337 e. The molecule has 0 N–H and O–H groups in total. The third kappa shape index (κ3) is 3.34. The fourth-order valence-corrected chi connectivity index (χ4v) is 2.11. The number of amides is 1. The summed E-state index contributed by atoms with van der Waals surface area (Å²) in [5.41, 5.74) is 0.00669. The predicted octanol–water partition coefficient (Wildman–Crippen LogP) is 2.54. The summed E-state index contributed by atoms with van der Waals surface area (Å²) >= 11 is 5.54. The van der Waals surface area contributed by atoms with Crippen LogP contribution in [0.3, 0.4) is 0 Å². The van der Waals surface area contributed by atoms with Gasteiger partial charge in [-0.3, -0.25) is 4.79 Å². The van der Waals surface area contributed by atoms with Crippen LogP contribution in [-0.4, -0.2) is 40.0 Å². The van der Waals surface area contributed by atoms with Gasteiger partial charge in [0, 0.05) is 13.1 Å². The van der Waals surface area contributed by atoms with Gasteiger partial charge in [0.05, 0.1) is 18.3 Å². The monoisotopic (exact) mass is 293 g/mol. The summed E-state index contributed by atoms with van der Waals surface area (Å²) in [6, 6.07) is 0. The molecule has 0 aromatic carbocycles. The van der Waals surface area contributed by atoms with Gasteiger partial charge < -0.3 is 4.90 Å². The molecule has 0 aliphatic carbocycles. The molecule has 2 heterocycles. The Labute approximate surface area is 112 Å². The van der Waals surface area contributed by atoms with Crippen molar-refractivity contribution in [1.29, 1.82) is 0 Å². The second kappa shape index (κ2) is 5.32. The first-order valence-corrected chi connectivity index (χ1v) is 6.09. The van der Waals surface area contributed by atoms with Gasteiger partial charge in [-0.05, 0) is 12.8 Å². The molecule has 1 aromatic heterocycles. The zero-order chi connectivity index (χ0) is 14.0. The summed E-state index contributed by atoms with van der Waals surface area (Å²) in [5.74, 6) is -2.01. The van der Waals surface area contributed by atoms with E-state index in [1.54, 1.807) is 0 Å². The molecule has 19 heavy (non-hydrogen) atoms. The Kier molecular flexibility index (Phi) is 3.93. The van der Waals surface area contributed by atoms with E-state index >= 15 is 0 Å². The van der Waals surface area contributed by atoms with E-state index in [9.17, 15) is 18.0 Å². The first kappa shape index (κ1) is 14.0. The number of hydrogen-bond donors (Lipinski definition) is 0. The average molecular weight is 294 g/mol. The van der Waals surface area contributed by atoms with Gasteiger partial charge in [0.25, 0.3) is 5.91 Å². The van der Waals surface area contributed by atoms with Crippen LogP contribution in [0.2, 0.25) is 5.15 Å². The number of hydrogen-bond acceptors (Lipinski definition) is 3. The number of carbonyl (C=O) groups is 1. The van der Waals surface area contributed by atoms with Crippen molar-refractivity contribution in [3.05, 3.63) is 23.2 Å². The highest BCUT2D eigenvalue weighted by molar-refractivity contribution is 6.29. The molecule has 8 heteroatoms. The van der Waals surface area contributed by atoms with Gasteiger partial charge in [-0.25, -0.2) is 9.97 Å². The van der Waals surface area contributed by atoms with Gasteiger partial charge in [0.15, 0.2) is 0 Å². The highest BCUT2D eigenvalue weighted by Crippen LogP contribution is 2.33. The summed E-state index contributed by atoms with van der Waals surface area (Å²) in [4.78, 5) is 20.6. The number of likely N-dealkylation sites (tertiary alicyclic amines) is 1. The summed E-state index contributed by atoms with van der Waals surface area (Å²) in [7, 11) is 0. The first-order valence-electron chi connectivity index (χ1n) is 5.71. The lowest BCUT2D eigenvalue weighted by atomic mass is 9.97. The Bertz CT molecular complexity index is 463. The molecule has 0 radical (unpaired) electrons. The molecule has 0 spiro atoms. The lowest BCUT2D eigenvalue weighted by Gasteiger charge is -2.33. The largest absolute Gasteiger partial charge is 0.393 e. The number of piperidine rings is 1. The van der Waals surface area contributed by atoms with E-state index in [2.05, 4.69) is 9.97 Å². The van der Waals surface area contributed by atoms with Crippen LogP contribution < -0.4 is 0 Å². The molecule has 4 nitrogen and oxygen atoms in total. The number of rotatable bonds is 1. The average Bonchev–Trinajstić information content (AvgIpc) is 2.38. The Morgan fingerprint density at radius 1 is 1.37 bits per heavy atom. The van der Waals surface area contributed by atoms with Crippen molar-refractivity contribution in [2.75, 3.05) is 13.1 Å². The highest BCUT2D eigenvalue weighted by Gasteiger charge is 2.42. The van der Waals surface area contributed by atoms with E-state index < -0.39 is 18.0 Å². The second-order valence-electron chi connectivity index (χ2n) is 4.36. The Morgan fingerprint density at radius 3 is 2.68 bits per heavy atom. The highest BCUT2D eigenvalue weighted by atomic mass is 35.5. The molecule has 1 unspecified atom stereocenters. The minimum absolute atomic E-state index is 0.00669. The Morgan fingerprint density at radius 2 is 2.11 bits per heavy atom. The maximum atomic E-state index is 12.7. The van der Waals surface area contributed by atoms with Crippen LogP contribution in [0.15, 0.2) is 12.4 Å². The van der Waals surface area contributed by atoms with E-state index in [4.69, 9.17) is 11.6 Å². The number of halogens is 4. The van der Waals surface area contributed by atoms with E-state index in [1.165, 1.54) is 17.3 Å². The molecule has 104 valence electrons. The van der Waals surface area contributed by atoms with Gasteiger partial charge in [0.1, 0.15) is 10.8 Å². The van der Waals surface area contributed by atoms with Gasteiger partial charge in [-0.1, -0.05) is 11.6 Å². The van der Waals surface area contributed by atoms with Gasteiger partial charge in [-0.2, -0.15) is 13.2 Å². The summed E-state index contributed by atoms with van der Waals surface area (Å²) in [5, 5.41) is 0.128. The number of alkyl halides is 3. The van der Waals surface area contributed by atoms with Crippen LogP contribution in [0.5, 0.6) is 0 Å². The molecular weight excluding hydrogens is 283 g/mol.